The fourth-order valence-electron chi connectivity index (χ4n) is 2.69. The number of fused-ring (bicyclic) bond motifs is 1. The van der Waals surface area contributed by atoms with Crippen molar-refractivity contribution in [3.63, 3.8) is 0 Å². The second kappa shape index (κ2) is 5.69. The summed E-state index contributed by atoms with van der Waals surface area (Å²) in [5.41, 5.74) is 1.89. The molecule has 0 radical (unpaired) electrons. The van der Waals surface area contributed by atoms with Crippen molar-refractivity contribution in [1.29, 1.82) is 0 Å². The van der Waals surface area contributed by atoms with Crippen LogP contribution in [0.3, 0.4) is 0 Å². The molecule has 6 heteroatoms. The van der Waals surface area contributed by atoms with E-state index in [1.54, 1.807) is 0 Å². The van der Waals surface area contributed by atoms with Gasteiger partial charge in [-0.05, 0) is 19.1 Å². The van der Waals surface area contributed by atoms with Crippen LogP contribution in [-0.4, -0.2) is 51.3 Å². The number of halogens is 1. The molecule has 3 heterocycles. The number of pyridine rings is 1. The Morgan fingerprint density at radius 3 is 3.05 bits per heavy atom. The number of rotatable bonds is 3. The molecule has 2 atom stereocenters. The molecule has 5 nitrogen and oxygen atoms in total. The Labute approximate surface area is 122 Å². The molecule has 0 spiro atoms. The highest BCUT2D eigenvalue weighted by Crippen LogP contribution is 2.16. The Balaban J connectivity index is 1.75. The van der Waals surface area contributed by atoms with E-state index in [-0.39, 0.29) is 18.8 Å². The topological polar surface area (TPSA) is 50.0 Å². The fourth-order valence-corrected chi connectivity index (χ4v) is 2.86. The molecule has 1 aliphatic heterocycles. The molecule has 2 aromatic rings. The Morgan fingerprint density at radius 1 is 1.40 bits per heavy atom. The first-order valence-electron chi connectivity index (χ1n) is 6.76. The van der Waals surface area contributed by atoms with Gasteiger partial charge in [0.05, 0.1) is 29.5 Å². The van der Waals surface area contributed by atoms with E-state index in [1.165, 1.54) is 0 Å². The third kappa shape index (κ3) is 2.96. The van der Waals surface area contributed by atoms with E-state index in [4.69, 9.17) is 16.3 Å². The summed E-state index contributed by atoms with van der Waals surface area (Å²) in [5, 5.41) is 9.95. The van der Waals surface area contributed by atoms with Crippen LogP contribution in [0.5, 0.6) is 0 Å². The Hall–Kier alpha value is -1.14. The molecule has 2 aromatic heterocycles. The summed E-state index contributed by atoms with van der Waals surface area (Å²) in [4.78, 5) is 6.85. The third-order valence-corrected chi connectivity index (χ3v) is 3.68. The average Bonchev–Trinajstić information content (AvgIpc) is 2.79. The van der Waals surface area contributed by atoms with Crippen LogP contribution in [-0.2, 0) is 11.3 Å². The molecule has 1 N–H and O–H groups in total. The SMILES string of the molecule is CC1CN(Cc2cn3cc(Cl)ccc3n2)CC(CO)O1. The minimum atomic E-state index is -0.106. The molecule has 0 aromatic carbocycles. The molecule has 0 amide bonds. The number of hydrogen-bond donors (Lipinski definition) is 1. The van der Waals surface area contributed by atoms with Gasteiger partial charge >= 0.3 is 0 Å². The lowest BCUT2D eigenvalue weighted by Crippen LogP contribution is -2.47. The quantitative estimate of drug-likeness (QED) is 0.934. The average molecular weight is 296 g/mol. The van der Waals surface area contributed by atoms with E-state index in [9.17, 15) is 5.11 Å². The molecule has 1 aliphatic rings. The zero-order valence-corrected chi connectivity index (χ0v) is 12.1. The van der Waals surface area contributed by atoms with Crippen molar-refractivity contribution in [3.05, 3.63) is 35.2 Å². The van der Waals surface area contributed by atoms with E-state index in [1.807, 2.05) is 35.9 Å². The molecular weight excluding hydrogens is 278 g/mol. The van der Waals surface area contributed by atoms with Crippen molar-refractivity contribution >= 4 is 17.2 Å². The van der Waals surface area contributed by atoms with Crippen LogP contribution in [0.2, 0.25) is 5.02 Å². The molecule has 1 saturated heterocycles. The van der Waals surface area contributed by atoms with Crippen LogP contribution in [0.25, 0.3) is 5.65 Å². The predicted octanol–water partition coefficient (Wildman–Crippen LogP) is 1.57. The van der Waals surface area contributed by atoms with Crippen molar-refractivity contribution in [2.75, 3.05) is 19.7 Å². The van der Waals surface area contributed by atoms with E-state index in [0.717, 1.165) is 31.0 Å². The maximum Gasteiger partial charge on any atom is 0.137 e. The lowest BCUT2D eigenvalue weighted by atomic mass is 10.2. The number of nitrogens with zero attached hydrogens (tertiary/aromatic N) is 3. The van der Waals surface area contributed by atoms with E-state index in [2.05, 4.69) is 9.88 Å². The first kappa shape index (κ1) is 13.8. The lowest BCUT2D eigenvalue weighted by molar-refractivity contribution is -0.0974. The van der Waals surface area contributed by atoms with Gasteiger partial charge in [0, 0.05) is 32.0 Å². The van der Waals surface area contributed by atoms with Gasteiger partial charge in [-0.3, -0.25) is 4.90 Å². The molecule has 1 fully saturated rings. The highest BCUT2D eigenvalue weighted by molar-refractivity contribution is 6.30. The van der Waals surface area contributed by atoms with Gasteiger partial charge in [-0.1, -0.05) is 11.6 Å². The number of aliphatic hydroxyl groups is 1. The number of morpholine rings is 1. The summed E-state index contributed by atoms with van der Waals surface area (Å²) in [6.07, 6.45) is 3.87. The second-order valence-electron chi connectivity index (χ2n) is 5.29. The largest absolute Gasteiger partial charge is 0.394 e. The van der Waals surface area contributed by atoms with Gasteiger partial charge in [-0.25, -0.2) is 4.98 Å². The van der Waals surface area contributed by atoms with Gasteiger partial charge in [0.2, 0.25) is 0 Å². The van der Waals surface area contributed by atoms with Crippen molar-refractivity contribution in [3.8, 4) is 0 Å². The van der Waals surface area contributed by atoms with E-state index >= 15 is 0 Å². The van der Waals surface area contributed by atoms with E-state index < -0.39 is 0 Å². The zero-order chi connectivity index (χ0) is 14.1. The van der Waals surface area contributed by atoms with Crippen LogP contribution in [0.4, 0.5) is 0 Å². The zero-order valence-electron chi connectivity index (χ0n) is 11.4. The van der Waals surface area contributed by atoms with Gasteiger partial charge < -0.3 is 14.2 Å². The highest BCUT2D eigenvalue weighted by Gasteiger charge is 2.25. The monoisotopic (exact) mass is 295 g/mol. The first-order chi connectivity index (χ1) is 9.64. The minimum absolute atomic E-state index is 0.0572. The highest BCUT2D eigenvalue weighted by atomic mass is 35.5. The smallest absolute Gasteiger partial charge is 0.137 e. The number of ether oxygens (including phenoxy) is 1. The fraction of sp³-hybridized carbons (Fsp3) is 0.500. The normalized spacial score (nSPS) is 24.4. The second-order valence-corrected chi connectivity index (χ2v) is 5.73. The summed E-state index contributed by atoms with van der Waals surface area (Å²) >= 11 is 5.97. The van der Waals surface area contributed by atoms with Gasteiger partial charge in [-0.2, -0.15) is 0 Å². The maximum atomic E-state index is 9.25. The molecule has 20 heavy (non-hydrogen) atoms. The molecule has 3 rings (SSSR count). The predicted molar refractivity (Wildman–Crippen MR) is 76.9 cm³/mol. The van der Waals surface area contributed by atoms with Crippen LogP contribution in [0.1, 0.15) is 12.6 Å². The summed E-state index contributed by atoms with van der Waals surface area (Å²) < 4.78 is 7.58. The summed E-state index contributed by atoms with van der Waals surface area (Å²) in [6, 6.07) is 3.75. The van der Waals surface area contributed by atoms with Crippen LogP contribution in [0, 0.1) is 0 Å². The van der Waals surface area contributed by atoms with E-state index in [0.29, 0.717) is 5.02 Å². The number of aromatic nitrogens is 2. The molecule has 108 valence electrons. The maximum absolute atomic E-state index is 9.25. The van der Waals surface area contributed by atoms with Gasteiger partial charge in [0.25, 0.3) is 0 Å². The van der Waals surface area contributed by atoms with Gasteiger partial charge in [0.1, 0.15) is 5.65 Å². The molecule has 0 saturated carbocycles. The molecule has 0 bridgehead atoms. The minimum Gasteiger partial charge on any atom is -0.394 e. The van der Waals surface area contributed by atoms with Crippen LogP contribution in [0.15, 0.2) is 24.5 Å². The number of aliphatic hydroxyl groups excluding tert-OH is 1. The molecular formula is C14H18ClN3O2. The van der Waals surface area contributed by atoms with Crippen molar-refractivity contribution in [2.24, 2.45) is 0 Å². The number of hydrogen-bond acceptors (Lipinski definition) is 4. The van der Waals surface area contributed by atoms with Crippen LogP contribution < -0.4 is 0 Å². The Kier molecular flexibility index (Phi) is 3.94. The number of imidazole rings is 1. The van der Waals surface area contributed by atoms with Crippen molar-refractivity contribution in [2.45, 2.75) is 25.7 Å². The Bertz CT molecular complexity index is 601. The first-order valence-corrected chi connectivity index (χ1v) is 7.13. The third-order valence-electron chi connectivity index (χ3n) is 3.46. The summed E-state index contributed by atoms with van der Waals surface area (Å²) in [7, 11) is 0. The lowest BCUT2D eigenvalue weighted by Gasteiger charge is -2.35. The van der Waals surface area contributed by atoms with Gasteiger partial charge in [-0.15, -0.1) is 0 Å². The standard InChI is InChI=1S/C14H18ClN3O2/c1-10-4-17(8-13(9-19)20-10)6-12-7-18-5-11(15)2-3-14(18)16-12/h2-3,5,7,10,13,19H,4,6,8-9H2,1H3. The van der Waals surface area contributed by atoms with Crippen molar-refractivity contribution < 1.29 is 9.84 Å². The van der Waals surface area contributed by atoms with Crippen LogP contribution >= 0.6 is 11.6 Å². The summed E-state index contributed by atoms with van der Waals surface area (Å²) in [6.45, 7) is 4.42. The molecule has 2 unspecified atom stereocenters. The van der Waals surface area contributed by atoms with Crippen molar-refractivity contribution in [1.82, 2.24) is 14.3 Å². The van der Waals surface area contributed by atoms with Gasteiger partial charge in [0.15, 0.2) is 0 Å². The summed E-state index contributed by atoms with van der Waals surface area (Å²) in [5.74, 6) is 0. The Morgan fingerprint density at radius 2 is 2.25 bits per heavy atom. The molecule has 0 aliphatic carbocycles.